The average Bonchev–Trinajstić information content (AvgIpc) is 3.18. The van der Waals surface area contributed by atoms with Crippen LogP contribution >= 0.6 is 0 Å². The van der Waals surface area contributed by atoms with Crippen LogP contribution in [0.15, 0.2) is 84.9 Å². The maximum absolute atomic E-state index is 4.89. The van der Waals surface area contributed by atoms with E-state index in [0.717, 1.165) is 34.5 Å². The first-order valence-corrected chi connectivity index (χ1v) is 10.6. The molecule has 5 rings (SSSR count). The summed E-state index contributed by atoms with van der Waals surface area (Å²) in [5.41, 5.74) is 6.77. The quantitative estimate of drug-likeness (QED) is 0.335. The van der Waals surface area contributed by atoms with Crippen LogP contribution in [0.25, 0.3) is 33.4 Å². The van der Waals surface area contributed by atoms with Crippen LogP contribution in [0.4, 0.5) is 11.6 Å². The molecular formula is C27H24N4. The molecule has 0 aliphatic heterocycles. The number of hydrogen-bond donors (Lipinski definition) is 2. The zero-order valence-corrected chi connectivity index (χ0v) is 17.7. The number of nitrogens with zero attached hydrogens (tertiary/aromatic N) is 2. The molecule has 3 aromatic carbocycles. The first-order chi connectivity index (χ1) is 15.2. The highest BCUT2D eigenvalue weighted by Crippen LogP contribution is 2.29. The van der Waals surface area contributed by atoms with E-state index >= 15 is 0 Å². The molecular weight excluding hydrogens is 380 g/mol. The number of para-hydroxylation sites is 1. The van der Waals surface area contributed by atoms with Crippen LogP contribution in [0, 0.1) is 6.92 Å². The fourth-order valence-electron chi connectivity index (χ4n) is 3.91. The second-order valence-corrected chi connectivity index (χ2v) is 7.68. The summed E-state index contributed by atoms with van der Waals surface area (Å²) in [5, 5.41) is 4.48. The molecule has 4 heteroatoms. The summed E-state index contributed by atoms with van der Waals surface area (Å²) in [6.07, 6.45) is 0.969. The predicted molar refractivity (Wildman–Crippen MR) is 129 cm³/mol. The molecule has 2 aromatic heterocycles. The van der Waals surface area contributed by atoms with Crippen molar-refractivity contribution < 1.29 is 0 Å². The van der Waals surface area contributed by atoms with E-state index in [0.29, 0.717) is 5.82 Å². The highest BCUT2D eigenvalue weighted by molar-refractivity contribution is 5.92. The molecule has 4 nitrogen and oxygen atoms in total. The van der Waals surface area contributed by atoms with E-state index in [1.165, 1.54) is 22.4 Å². The lowest BCUT2D eigenvalue weighted by Gasteiger charge is -2.10. The molecule has 152 valence electrons. The van der Waals surface area contributed by atoms with Gasteiger partial charge in [-0.1, -0.05) is 73.7 Å². The maximum atomic E-state index is 4.89. The molecule has 31 heavy (non-hydrogen) atoms. The Morgan fingerprint density at radius 3 is 2.19 bits per heavy atom. The molecule has 0 unspecified atom stereocenters. The normalized spacial score (nSPS) is 11.0. The van der Waals surface area contributed by atoms with E-state index in [4.69, 9.17) is 9.97 Å². The Balaban J connectivity index is 1.55. The van der Waals surface area contributed by atoms with Crippen molar-refractivity contribution >= 4 is 22.5 Å². The summed E-state index contributed by atoms with van der Waals surface area (Å²) in [7, 11) is 0. The first-order valence-electron chi connectivity index (χ1n) is 10.6. The zero-order chi connectivity index (χ0) is 21.2. The van der Waals surface area contributed by atoms with Gasteiger partial charge in [-0.15, -0.1) is 0 Å². The third-order valence-electron chi connectivity index (χ3n) is 5.58. The van der Waals surface area contributed by atoms with Gasteiger partial charge < -0.3 is 10.3 Å². The SMILES string of the molecule is CCc1[nH]c(Nc2nc(-c3ccc(-c4ccccc4)cc3)nc3ccccc23)cc1C. The van der Waals surface area contributed by atoms with E-state index in [1.54, 1.807) is 0 Å². The van der Waals surface area contributed by atoms with Crippen molar-refractivity contribution in [1.29, 1.82) is 0 Å². The molecule has 0 saturated heterocycles. The fourth-order valence-corrected chi connectivity index (χ4v) is 3.91. The van der Waals surface area contributed by atoms with Gasteiger partial charge in [-0.25, -0.2) is 9.97 Å². The van der Waals surface area contributed by atoms with Crippen LogP contribution < -0.4 is 5.32 Å². The van der Waals surface area contributed by atoms with Gasteiger partial charge >= 0.3 is 0 Å². The van der Waals surface area contributed by atoms with Crippen LogP contribution in [-0.2, 0) is 6.42 Å². The lowest BCUT2D eigenvalue weighted by Crippen LogP contribution is -1.99. The Bertz CT molecular complexity index is 1340. The number of anilines is 2. The summed E-state index contributed by atoms with van der Waals surface area (Å²) < 4.78 is 0. The Kier molecular flexibility index (Phi) is 4.97. The highest BCUT2D eigenvalue weighted by Gasteiger charge is 2.11. The third-order valence-corrected chi connectivity index (χ3v) is 5.58. The summed E-state index contributed by atoms with van der Waals surface area (Å²) in [5.74, 6) is 2.46. The molecule has 0 saturated carbocycles. The average molecular weight is 405 g/mol. The lowest BCUT2D eigenvalue weighted by atomic mass is 10.0. The van der Waals surface area contributed by atoms with Crippen molar-refractivity contribution in [2.24, 2.45) is 0 Å². The van der Waals surface area contributed by atoms with Crippen molar-refractivity contribution in [3.63, 3.8) is 0 Å². The summed E-state index contributed by atoms with van der Waals surface area (Å²) in [4.78, 5) is 13.2. The molecule has 5 aromatic rings. The minimum atomic E-state index is 0.708. The fraction of sp³-hybridized carbons (Fsp3) is 0.111. The van der Waals surface area contributed by atoms with Crippen molar-refractivity contribution in [3.05, 3.63) is 96.2 Å². The molecule has 2 N–H and O–H groups in total. The van der Waals surface area contributed by atoms with E-state index in [2.05, 4.69) is 84.8 Å². The minimum Gasteiger partial charge on any atom is -0.345 e. The minimum absolute atomic E-state index is 0.708. The van der Waals surface area contributed by atoms with Gasteiger partial charge in [0.05, 0.1) is 5.52 Å². The smallest absolute Gasteiger partial charge is 0.162 e. The van der Waals surface area contributed by atoms with E-state index in [-0.39, 0.29) is 0 Å². The number of rotatable bonds is 5. The molecule has 0 fully saturated rings. The van der Waals surface area contributed by atoms with Crippen molar-refractivity contribution in [2.45, 2.75) is 20.3 Å². The Morgan fingerprint density at radius 1 is 0.774 bits per heavy atom. The zero-order valence-electron chi connectivity index (χ0n) is 17.7. The Labute approximate surface area is 182 Å². The number of aryl methyl sites for hydroxylation is 2. The van der Waals surface area contributed by atoms with Gasteiger partial charge in [-0.2, -0.15) is 0 Å². The highest BCUT2D eigenvalue weighted by atomic mass is 15.1. The number of aromatic nitrogens is 3. The third kappa shape index (κ3) is 3.80. The van der Waals surface area contributed by atoms with Crippen LogP contribution in [-0.4, -0.2) is 15.0 Å². The largest absolute Gasteiger partial charge is 0.345 e. The van der Waals surface area contributed by atoms with Gasteiger partial charge in [0.1, 0.15) is 11.6 Å². The van der Waals surface area contributed by atoms with Crippen LogP contribution in [0.3, 0.4) is 0 Å². The molecule has 0 spiro atoms. The number of nitrogens with one attached hydrogen (secondary N) is 2. The molecule has 0 bridgehead atoms. The second-order valence-electron chi connectivity index (χ2n) is 7.68. The van der Waals surface area contributed by atoms with Crippen LogP contribution in [0.5, 0.6) is 0 Å². The molecule has 0 aliphatic carbocycles. The van der Waals surface area contributed by atoms with Crippen LogP contribution in [0.1, 0.15) is 18.2 Å². The number of hydrogen-bond acceptors (Lipinski definition) is 3. The predicted octanol–water partition coefficient (Wildman–Crippen LogP) is 6.91. The topological polar surface area (TPSA) is 53.6 Å². The number of H-pyrrole nitrogens is 1. The lowest BCUT2D eigenvalue weighted by molar-refractivity contribution is 1.04. The van der Waals surface area contributed by atoms with Crippen LogP contribution in [0.2, 0.25) is 0 Å². The van der Waals surface area contributed by atoms with Gasteiger partial charge in [0.2, 0.25) is 0 Å². The van der Waals surface area contributed by atoms with Crippen molar-refractivity contribution in [2.75, 3.05) is 5.32 Å². The number of aromatic amines is 1. The summed E-state index contributed by atoms with van der Waals surface area (Å²) >= 11 is 0. The molecule has 0 aliphatic rings. The molecule has 2 heterocycles. The summed E-state index contributed by atoms with van der Waals surface area (Å²) in [6.45, 7) is 4.28. The Hall–Kier alpha value is -3.92. The molecule has 0 amide bonds. The molecule has 0 radical (unpaired) electrons. The van der Waals surface area contributed by atoms with Gasteiger partial charge in [0.25, 0.3) is 0 Å². The number of benzene rings is 3. The van der Waals surface area contributed by atoms with Gasteiger partial charge in [0, 0.05) is 16.6 Å². The van der Waals surface area contributed by atoms with Gasteiger partial charge in [-0.05, 0) is 48.2 Å². The van der Waals surface area contributed by atoms with Crippen molar-refractivity contribution in [1.82, 2.24) is 15.0 Å². The molecule has 0 atom stereocenters. The van der Waals surface area contributed by atoms with Crippen molar-refractivity contribution in [3.8, 4) is 22.5 Å². The maximum Gasteiger partial charge on any atom is 0.162 e. The van der Waals surface area contributed by atoms with Gasteiger partial charge in [-0.3, -0.25) is 0 Å². The Morgan fingerprint density at radius 2 is 1.45 bits per heavy atom. The van der Waals surface area contributed by atoms with E-state index in [9.17, 15) is 0 Å². The summed E-state index contributed by atoms with van der Waals surface area (Å²) in [6, 6.07) is 29.0. The standard InChI is InChI=1S/C27H24N4/c1-3-23-18(2)17-25(28-23)30-27-22-11-7-8-12-24(22)29-26(31-27)21-15-13-20(14-16-21)19-9-5-4-6-10-19/h4-17,28H,3H2,1-2H3,(H,29,30,31). The van der Waals surface area contributed by atoms with E-state index < -0.39 is 0 Å². The number of fused-ring (bicyclic) bond motifs is 1. The van der Waals surface area contributed by atoms with Gasteiger partial charge in [0.15, 0.2) is 5.82 Å². The second kappa shape index (κ2) is 8.07. The van der Waals surface area contributed by atoms with E-state index in [1.807, 2.05) is 24.3 Å². The first kappa shape index (κ1) is 19.1. The monoisotopic (exact) mass is 404 g/mol.